The SMILES string of the molecule is N#Cc1ccc(C(=O)NCc2cccc(Cn3cnc4ccccc43)c2)cc1. The molecular weight excluding hydrogens is 348 g/mol. The van der Waals surface area contributed by atoms with Crippen molar-refractivity contribution in [1.29, 1.82) is 5.26 Å². The van der Waals surface area contributed by atoms with Crippen LogP contribution in [0, 0.1) is 11.3 Å². The lowest BCUT2D eigenvalue weighted by Crippen LogP contribution is -2.22. The Bertz CT molecular complexity index is 1170. The second-order valence-corrected chi connectivity index (χ2v) is 6.55. The Hall–Kier alpha value is -3.91. The van der Waals surface area contributed by atoms with Gasteiger partial charge in [0.05, 0.1) is 29.0 Å². The first-order valence-electron chi connectivity index (χ1n) is 8.99. The third kappa shape index (κ3) is 3.76. The summed E-state index contributed by atoms with van der Waals surface area (Å²) < 4.78 is 2.11. The van der Waals surface area contributed by atoms with Crippen molar-refractivity contribution >= 4 is 16.9 Å². The molecule has 1 N–H and O–H groups in total. The van der Waals surface area contributed by atoms with Crippen LogP contribution in [0.25, 0.3) is 11.0 Å². The van der Waals surface area contributed by atoms with Crippen LogP contribution in [0.15, 0.2) is 79.1 Å². The maximum Gasteiger partial charge on any atom is 0.251 e. The predicted molar refractivity (Wildman–Crippen MR) is 108 cm³/mol. The Labute approximate surface area is 162 Å². The Balaban J connectivity index is 1.43. The summed E-state index contributed by atoms with van der Waals surface area (Å²) in [4.78, 5) is 16.7. The molecule has 0 aliphatic carbocycles. The van der Waals surface area contributed by atoms with Crippen LogP contribution >= 0.6 is 0 Å². The number of imidazole rings is 1. The number of rotatable bonds is 5. The molecule has 0 atom stereocenters. The second kappa shape index (κ2) is 7.77. The van der Waals surface area contributed by atoms with Crippen LogP contribution < -0.4 is 5.32 Å². The summed E-state index contributed by atoms with van der Waals surface area (Å²) in [6, 6.07) is 24.9. The molecule has 1 aromatic heterocycles. The predicted octanol–water partition coefficient (Wildman–Crippen LogP) is 3.89. The summed E-state index contributed by atoms with van der Waals surface area (Å²) >= 11 is 0. The molecule has 0 aliphatic rings. The van der Waals surface area contributed by atoms with Gasteiger partial charge in [0, 0.05) is 18.7 Å². The van der Waals surface area contributed by atoms with E-state index in [1.165, 1.54) is 0 Å². The van der Waals surface area contributed by atoms with Gasteiger partial charge in [-0.05, 0) is 47.5 Å². The number of nitriles is 1. The van der Waals surface area contributed by atoms with E-state index >= 15 is 0 Å². The van der Waals surface area contributed by atoms with E-state index in [2.05, 4.69) is 33.1 Å². The highest BCUT2D eigenvalue weighted by Crippen LogP contribution is 2.15. The molecule has 0 saturated carbocycles. The number of hydrogen-bond donors (Lipinski definition) is 1. The van der Waals surface area contributed by atoms with Gasteiger partial charge in [-0.15, -0.1) is 0 Å². The zero-order valence-corrected chi connectivity index (χ0v) is 15.2. The van der Waals surface area contributed by atoms with Gasteiger partial charge in [-0.1, -0.05) is 36.4 Å². The molecule has 1 amide bonds. The number of fused-ring (bicyclic) bond motifs is 1. The van der Waals surface area contributed by atoms with Crippen LogP contribution in [-0.2, 0) is 13.1 Å². The molecule has 4 rings (SSSR count). The van der Waals surface area contributed by atoms with Crippen LogP contribution in [0.2, 0.25) is 0 Å². The Morgan fingerprint density at radius 1 is 1.00 bits per heavy atom. The summed E-state index contributed by atoms with van der Waals surface area (Å²) in [5.41, 5.74) is 5.34. The van der Waals surface area contributed by atoms with Gasteiger partial charge in [0.2, 0.25) is 0 Å². The summed E-state index contributed by atoms with van der Waals surface area (Å²) in [6.07, 6.45) is 1.85. The standard InChI is InChI=1S/C23H18N4O/c24-13-17-8-10-20(11-9-17)23(28)25-14-18-4-3-5-19(12-18)15-27-16-26-21-6-1-2-7-22(21)27/h1-12,16H,14-15H2,(H,25,28). The Kier molecular flexibility index (Phi) is 4.85. The number of amides is 1. The van der Waals surface area contributed by atoms with Crippen molar-refractivity contribution in [3.8, 4) is 6.07 Å². The first-order chi connectivity index (χ1) is 13.7. The van der Waals surface area contributed by atoms with Gasteiger partial charge >= 0.3 is 0 Å². The van der Waals surface area contributed by atoms with Gasteiger partial charge in [-0.25, -0.2) is 4.98 Å². The third-order valence-electron chi connectivity index (χ3n) is 4.60. The lowest BCUT2D eigenvalue weighted by Gasteiger charge is -2.09. The Morgan fingerprint density at radius 3 is 2.61 bits per heavy atom. The highest BCUT2D eigenvalue weighted by molar-refractivity contribution is 5.94. The van der Waals surface area contributed by atoms with Crippen molar-refractivity contribution < 1.29 is 4.79 Å². The van der Waals surface area contributed by atoms with E-state index in [1.807, 2.05) is 42.7 Å². The summed E-state index contributed by atoms with van der Waals surface area (Å²) in [7, 11) is 0. The summed E-state index contributed by atoms with van der Waals surface area (Å²) in [5, 5.41) is 11.8. The fraction of sp³-hybridized carbons (Fsp3) is 0.0870. The lowest BCUT2D eigenvalue weighted by molar-refractivity contribution is 0.0951. The average Bonchev–Trinajstić information content (AvgIpc) is 3.15. The van der Waals surface area contributed by atoms with Crippen molar-refractivity contribution in [2.45, 2.75) is 13.1 Å². The molecule has 3 aromatic carbocycles. The van der Waals surface area contributed by atoms with Crippen molar-refractivity contribution in [1.82, 2.24) is 14.9 Å². The largest absolute Gasteiger partial charge is 0.348 e. The molecule has 4 aromatic rings. The van der Waals surface area contributed by atoms with Crippen molar-refractivity contribution in [2.24, 2.45) is 0 Å². The van der Waals surface area contributed by atoms with Gasteiger partial charge < -0.3 is 9.88 Å². The number of aromatic nitrogens is 2. The maximum absolute atomic E-state index is 12.3. The topological polar surface area (TPSA) is 70.7 Å². The molecule has 5 nitrogen and oxygen atoms in total. The zero-order chi connectivity index (χ0) is 19.3. The number of benzene rings is 3. The van der Waals surface area contributed by atoms with E-state index in [4.69, 9.17) is 5.26 Å². The number of nitrogens with one attached hydrogen (secondary N) is 1. The number of carbonyl (C=O) groups excluding carboxylic acids is 1. The average molecular weight is 366 g/mol. The molecule has 136 valence electrons. The van der Waals surface area contributed by atoms with Gasteiger partial charge in [0.15, 0.2) is 0 Å². The second-order valence-electron chi connectivity index (χ2n) is 6.55. The van der Waals surface area contributed by atoms with Crippen LogP contribution in [0.1, 0.15) is 27.0 Å². The highest BCUT2D eigenvalue weighted by atomic mass is 16.1. The summed E-state index contributed by atoms with van der Waals surface area (Å²) in [6.45, 7) is 1.16. The molecule has 5 heteroatoms. The highest BCUT2D eigenvalue weighted by Gasteiger charge is 2.06. The van der Waals surface area contributed by atoms with E-state index < -0.39 is 0 Å². The van der Waals surface area contributed by atoms with E-state index in [9.17, 15) is 4.79 Å². The fourth-order valence-corrected chi connectivity index (χ4v) is 3.15. The molecule has 1 heterocycles. The number of carbonyl (C=O) groups is 1. The maximum atomic E-state index is 12.3. The van der Waals surface area contributed by atoms with Crippen LogP contribution in [0.4, 0.5) is 0 Å². The minimum absolute atomic E-state index is 0.157. The van der Waals surface area contributed by atoms with E-state index in [0.717, 1.165) is 28.7 Å². The molecule has 0 unspecified atom stereocenters. The van der Waals surface area contributed by atoms with E-state index in [1.54, 1.807) is 24.3 Å². The molecule has 28 heavy (non-hydrogen) atoms. The number of nitrogens with zero attached hydrogens (tertiary/aromatic N) is 3. The van der Waals surface area contributed by atoms with Gasteiger partial charge in [0.25, 0.3) is 5.91 Å². The first-order valence-corrected chi connectivity index (χ1v) is 8.99. The van der Waals surface area contributed by atoms with Gasteiger partial charge in [0.1, 0.15) is 0 Å². The molecule has 0 saturated heterocycles. The van der Waals surface area contributed by atoms with Gasteiger partial charge in [-0.3, -0.25) is 4.79 Å². The van der Waals surface area contributed by atoms with Crippen molar-refractivity contribution in [3.05, 3.63) is 101 Å². The molecule has 0 spiro atoms. The third-order valence-corrected chi connectivity index (χ3v) is 4.60. The number of hydrogen-bond acceptors (Lipinski definition) is 3. The first kappa shape index (κ1) is 17.5. The molecule has 0 radical (unpaired) electrons. The van der Waals surface area contributed by atoms with Crippen LogP contribution in [-0.4, -0.2) is 15.5 Å². The lowest BCUT2D eigenvalue weighted by atomic mass is 10.1. The molecule has 0 bridgehead atoms. The van der Waals surface area contributed by atoms with Crippen molar-refractivity contribution in [3.63, 3.8) is 0 Å². The summed E-state index contributed by atoms with van der Waals surface area (Å²) in [5.74, 6) is -0.157. The normalized spacial score (nSPS) is 10.5. The van der Waals surface area contributed by atoms with E-state index in [-0.39, 0.29) is 5.91 Å². The minimum Gasteiger partial charge on any atom is -0.348 e. The molecule has 0 fully saturated rings. The quantitative estimate of drug-likeness (QED) is 0.582. The van der Waals surface area contributed by atoms with Crippen LogP contribution in [0.3, 0.4) is 0 Å². The number of para-hydroxylation sites is 2. The van der Waals surface area contributed by atoms with Crippen molar-refractivity contribution in [2.75, 3.05) is 0 Å². The molecule has 0 aliphatic heterocycles. The Morgan fingerprint density at radius 2 is 1.79 bits per heavy atom. The monoisotopic (exact) mass is 366 g/mol. The van der Waals surface area contributed by atoms with E-state index in [0.29, 0.717) is 17.7 Å². The zero-order valence-electron chi connectivity index (χ0n) is 15.2. The van der Waals surface area contributed by atoms with Crippen LogP contribution in [0.5, 0.6) is 0 Å². The minimum atomic E-state index is -0.157. The fourth-order valence-electron chi connectivity index (χ4n) is 3.15. The smallest absolute Gasteiger partial charge is 0.251 e. The molecular formula is C23H18N4O. The van der Waals surface area contributed by atoms with Gasteiger partial charge in [-0.2, -0.15) is 5.26 Å².